The van der Waals surface area contributed by atoms with Crippen molar-refractivity contribution < 1.29 is 23.6 Å². The van der Waals surface area contributed by atoms with E-state index in [2.05, 4.69) is 27.0 Å². The van der Waals surface area contributed by atoms with Crippen LogP contribution in [-0.2, 0) is 19.1 Å². The van der Waals surface area contributed by atoms with Crippen molar-refractivity contribution in [3.05, 3.63) is 44.0 Å². The first kappa shape index (κ1) is 32.7. The van der Waals surface area contributed by atoms with Crippen LogP contribution in [0, 0.1) is 0 Å². The molecule has 0 aliphatic carbocycles. The Balaban J connectivity index is 2.67. The maximum absolute atomic E-state index is 12.0. The zero-order valence-corrected chi connectivity index (χ0v) is 23.7. The predicted octanol–water partition coefficient (Wildman–Crippen LogP) is 8.29. The lowest BCUT2D eigenvalue weighted by molar-refractivity contribution is -0.757. The SMILES string of the molecule is C=CC(=O)OC(CCCCCCCCCC)n1cc[n+](C(CCCCCCCCCC)OC(=O)C=C)c1. The molecule has 1 rings (SSSR count). The molecule has 2 unspecified atom stereocenters. The Hall–Kier alpha value is -2.37. The van der Waals surface area contributed by atoms with E-state index < -0.39 is 24.4 Å². The van der Waals surface area contributed by atoms with E-state index in [1.807, 2.05) is 27.9 Å². The number of nitrogens with zero attached hydrogens (tertiary/aromatic N) is 2. The first-order chi connectivity index (χ1) is 18.0. The predicted molar refractivity (Wildman–Crippen MR) is 150 cm³/mol. The maximum Gasteiger partial charge on any atom is 0.333 e. The first-order valence-electron chi connectivity index (χ1n) is 14.8. The lowest BCUT2D eigenvalue weighted by Crippen LogP contribution is -2.40. The van der Waals surface area contributed by atoms with Crippen molar-refractivity contribution in [3.8, 4) is 0 Å². The molecule has 0 N–H and O–H groups in total. The molecule has 2 atom stereocenters. The van der Waals surface area contributed by atoms with Crippen LogP contribution < -0.4 is 4.57 Å². The third-order valence-electron chi connectivity index (χ3n) is 6.79. The molecule has 0 saturated carbocycles. The van der Waals surface area contributed by atoms with E-state index in [4.69, 9.17) is 9.47 Å². The molecule has 0 saturated heterocycles. The summed E-state index contributed by atoms with van der Waals surface area (Å²) in [5, 5.41) is 0. The van der Waals surface area contributed by atoms with Gasteiger partial charge in [0.2, 0.25) is 18.8 Å². The Kier molecular flexibility index (Phi) is 19.1. The van der Waals surface area contributed by atoms with E-state index in [1.165, 1.54) is 89.2 Å². The summed E-state index contributed by atoms with van der Waals surface area (Å²) >= 11 is 0. The fourth-order valence-electron chi connectivity index (χ4n) is 4.53. The molecule has 0 amide bonds. The van der Waals surface area contributed by atoms with Gasteiger partial charge >= 0.3 is 11.9 Å². The fourth-order valence-corrected chi connectivity index (χ4v) is 4.53. The highest BCUT2D eigenvalue weighted by molar-refractivity contribution is 5.81. The van der Waals surface area contributed by atoms with Crippen molar-refractivity contribution >= 4 is 11.9 Å². The van der Waals surface area contributed by atoms with Crippen LogP contribution in [-0.4, -0.2) is 16.5 Å². The average Bonchev–Trinajstić information content (AvgIpc) is 3.40. The van der Waals surface area contributed by atoms with Crippen LogP contribution in [0.1, 0.15) is 142 Å². The number of carbonyl (C=O) groups is 2. The molecule has 210 valence electrons. The molecule has 1 aromatic heterocycles. The minimum atomic E-state index is -0.432. The normalized spacial score (nSPS) is 12.6. The number of rotatable bonds is 24. The minimum Gasteiger partial charge on any atom is -0.419 e. The Bertz CT molecular complexity index is 698. The van der Waals surface area contributed by atoms with Gasteiger partial charge in [-0.15, -0.1) is 0 Å². The number of hydrogen-bond donors (Lipinski definition) is 0. The van der Waals surface area contributed by atoms with Crippen LogP contribution in [0.4, 0.5) is 0 Å². The van der Waals surface area contributed by atoms with Crippen LogP contribution in [0.3, 0.4) is 0 Å². The lowest BCUT2D eigenvalue weighted by Gasteiger charge is -2.15. The largest absolute Gasteiger partial charge is 0.419 e. The second kappa shape index (κ2) is 21.7. The summed E-state index contributed by atoms with van der Waals surface area (Å²) in [6.07, 6.45) is 28.2. The summed E-state index contributed by atoms with van der Waals surface area (Å²) in [7, 11) is 0. The van der Waals surface area contributed by atoms with Crippen molar-refractivity contribution in [3.63, 3.8) is 0 Å². The Labute approximate surface area is 226 Å². The van der Waals surface area contributed by atoms with Crippen LogP contribution in [0.15, 0.2) is 44.0 Å². The lowest BCUT2D eigenvalue weighted by atomic mass is 10.1. The molecule has 0 aliphatic rings. The van der Waals surface area contributed by atoms with Gasteiger partial charge in [-0.25, -0.2) is 9.59 Å². The van der Waals surface area contributed by atoms with Gasteiger partial charge in [0.1, 0.15) is 12.4 Å². The number of aromatic nitrogens is 2. The van der Waals surface area contributed by atoms with Crippen LogP contribution >= 0.6 is 0 Å². The van der Waals surface area contributed by atoms with Crippen LogP contribution in [0.5, 0.6) is 0 Å². The van der Waals surface area contributed by atoms with Gasteiger partial charge in [-0.3, -0.25) is 0 Å². The molecule has 0 aliphatic heterocycles. The molecule has 1 heterocycles. The maximum atomic E-state index is 12.0. The molecular weight excluding hydrogens is 464 g/mol. The van der Waals surface area contributed by atoms with Crippen molar-refractivity contribution in [2.24, 2.45) is 0 Å². The highest BCUT2D eigenvalue weighted by atomic mass is 16.6. The van der Waals surface area contributed by atoms with Gasteiger partial charge in [-0.05, 0) is 12.8 Å². The summed E-state index contributed by atoms with van der Waals surface area (Å²) in [5.74, 6) is -0.864. The number of esters is 2. The minimum absolute atomic E-state index is 0.411. The van der Waals surface area contributed by atoms with Gasteiger partial charge in [-0.2, -0.15) is 9.13 Å². The summed E-state index contributed by atoms with van der Waals surface area (Å²) in [5.41, 5.74) is 0. The molecule has 37 heavy (non-hydrogen) atoms. The topological polar surface area (TPSA) is 61.4 Å². The summed E-state index contributed by atoms with van der Waals surface area (Å²) in [6.45, 7) is 11.6. The van der Waals surface area contributed by atoms with Gasteiger partial charge < -0.3 is 9.47 Å². The summed E-state index contributed by atoms with van der Waals surface area (Å²) < 4.78 is 15.1. The van der Waals surface area contributed by atoms with Crippen molar-refractivity contribution in [2.75, 3.05) is 0 Å². The third kappa shape index (κ3) is 15.5. The van der Waals surface area contributed by atoms with E-state index in [0.29, 0.717) is 0 Å². The Morgan fingerprint density at radius 2 is 1.19 bits per heavy atom. The second-order valence-electron chi connectivity index (χ2n) is 10.0. The van der Waals surface area contributed by atoms with Gasteiger partial charge in [0.25, 0.3) is 0 Å². The smallest absolute Gasteiger partial charge is 0.333 e. The first-order valence-corrected chi connectivity index (χ1v) is 14.8. The van der Waals surface area contributed by atoms with E-state index in [-0.39, 0.29) is 0 Å². The van der Waals surface area contributed by atoms with Crippen LogP contribution in [0.25, 0.3) is 0 Å². The average molecular weight is 518 g/mol. The molecule has 6 heteroatoms. The molecule has 1 aromatic rings. The molecule has 0 spiro atoms. The zero-order valence-electron chi connectivity index (χ0n) is 23.7. The van der Waals surface area contributed by atoms with Gasteiger partial charge in [0, 0.05) is 25.0 Å². The molecule has 0 fully saturated rings. The zero-order chi connectivity index (χ0) is 27.1. The monoisotopic (exact) mass is 517 g/mol. The summed E-state index contributed by atoms with van der Waals surface area (Å²) in [4.78, 5) is 24.0. The van der Waals surface area contributed by atoms with Crippen LogP contribution in [0.2, 0.25) is 0 Å². The van der Waals surface area contributed by atoms with Crippen molar-refractivity contribution in [1.82, 2.24) is 4.57 Å². The van der Waals surface area contributed by atoms with E-state index in [9.17, 15) is 9.59 Å². The number of imidazole rings is 1. The fraction of sp³-hybridized carbons (Fsp3) is 0.710. The standard InChI is InChI=1S/C31H53N2O4/c1-5-9-11-13-15-17-19-21-23-28(36-30(34)7-3)32-25-26-33(27-32)29(37-31(35)8-4)24-22-20-18-16-14-12-10-6-2/h7-8,25-29H,3-6,9-24H2,1-2H3/q+1. The number of hydrogen-bond acceptors (Lipinski definition) is 4. The van der Waals surface area contributed by atoms with Crippen molar-refractivity contribution in [1.29, 1.82) is 0 Å². The summed E-state index contributed by atoms with van der Waals surface area (Å²) in [6, 6.07) is 0. The third-order valence-corrected chi connectivity index (χ3v) is 6.79. The highest BCUT2D eigenvalue weighted by Gasteiger charge is 2.25. The molecule has 6 nitrogen and oxygen atoms in total. The Morgan fingerprint density at radius 1 is 0.730 bits per heavy atom. The van der Waals surface area contributed by atoms with E-state index in [0.717, 1.165) is 38.5 Å². The number of carbonyl (C=O) groups excluding carboxylic acids is 2. The quantitative estimate of drug-likeness (QED) is 0.0599. The van der Waals surface area contributed by atoms with Crippen molar-refractivity contribution in [2.45, 2.75) is 142 Å². The van der Waals surface area contributed by atoms with Gasteiger partial charge in [0.15, 0.2) is 0 Å². The van der Waals surface area contributed by atoms with E-state index >= 15 is 0 Å². The molecular formula is C31H53N2O4+. The van der Waals surface area contributed by atoms with Gasteiger partial charge in [0.05, 0.1) is 0 Å². The van der Waals surface area contributed by atoms with E-state index in [1.54, 1.807) is 0 Å². The Morgan fingerprint density at radius 3 is 1.70 bits per heavy atom. The number of unbranched alkanes of at least 4 members (excludes halogenated alkanes) is 14. The highest BCUT2D eigenvalue weighted by Crippen LogP contribution is 2.20. The molecule has 0 bridgehead atoms. The molecule has 0 radical (unpaired) electrons. The van der Waals surface area contributed by atoms with Gasteiger partial charge in [-0.1, -0.05) is 117 Å². The second-order valence-corrected chi connectivity index (χ2v) is 10.0. The molecule has 0 aromatic carbocycles. The number of ether oxygens (including phenoxy) is 2.